The van der Waals surface area contributed by atoms with Crippen molar-refractivity contribution in [2.75, 3.05) is 55.2 Å². The standard InChI is InChI=1S/C20H32O19S5/c21-15(1-6-40(26)27)36-11-20(12-37-16(22)2-7-41(28)29,13-38-17(23)3-8-42(30)31)14-39-18(24)4-9-44(34,35)10-5-19(25)43(32)33/h40-43H,1-14H2. The van der Waals surface area contributed by atoms with Gasteiger partial charge in [-0.1, -0.05) is 0 Å². The van der Waals surface area contributed by atoms with Crippen LogP contribution in [0.4, 0.5) is 0 Å². The number of carbonyl (C=O) groups is 5. The first-order chi connectivity index (χ1) is 20.4. The van der Waals surface area contributed by atoms with Crippen LogP contribution in [0.15, 0.2) is 0 Å². The minimum Gasteiger partial charge on any atom is -0.465 e. The molecule has 0 fully saturated rings. The van der Waals surface area contributed by atoms with Gasteiger partial charge in [-0.2, -0.15) is 0 Å². The number of sulfone groups is 1. The van der Waals surface area contributed by atoms with Gasteiger partial charge in [-0.05, 0) is 0 Å². The van der Waals surface area contributed by atoms with Crippen molar-refractivity contribution in [1.82, 2.24) is 0 Å². The molecule has 0 radical (unpaired) electrons. The maximum atomic E-state index is 12.4. The van der Waals surface area contributed by atoms with E-state index in [1.165, 1.54) is 0 Å². The van der Waals surface area contributed by atoms with Crippen LogP contribution < -0.4 is 0 Å². The van der Waals surface area contributed by atoms with Crippen molar-refractivity contribution in [2.45, 2.75) is 32.1 Å². The lowest BCUT2D eigenvalue weighted by atomic mass is 9.92. The normalized spacial score (nSPS) is 11.9. The summed E-state index contributed by atoms with van der Waals surface area (Å²) in [5, 5.41) is -1.33. The maximum absolute atomic E-state index is 12.4. The lowest BCUT2D eigenvalue weighted by Gasteiger charge is -2.31. The van der Waals surface area contributed by atoms with Crippen LogP contribution in [0, 0.1) is 5.41 Å². The summed E-state index contributed by atoms with van der Waals surface area (Å²) in [6, 6.07) is 0. The number of esters is 4. The summed E-state index contributed by atoms with van der Waals surface area (Å²) in [6.07, 6.45) is -3.53. The second-order valence-electron chi connectivity index (χ2n) is 8.86. The fourth-order valence-corrected chi connectivity index (χ4v) is 5.42. The van der Waals surface area contributed by atoms with Crippen LogP contribution in [0.5, 0.6) is 0 Å². The van der Waals surface area contributed by atoms with Gasteiger partial charge in [0.2, 0.25) is 15.8 Å². The second-order valence-corrected chi connectivity index (χ2v) is 15.5. The van der Waals surface area contributed by atoms with E-state index < -0.39 is 174 Å². The third kappa shape index (κ3) is 21.1. The zero-order valence-corrected chi connectivity index (χ0v) is 27.2. The van der Waals surface area contributed by atoms with E-state index in [1.807, 2.05) is 0 Å². The molecule has 0 spiro atoms. The summed E-state index contributed by atoms with van der Waals surface area (Å²) in [7, 11) is -16.5. The van der Waals surface area contributed by atoms with Gasteiger partial charge in [-0.3, -0.25) is 24.0 Å². The van der Waals surface area contributed by atoms with E-state index in [1.54, 1.807) is 0 Å². The molecule has 0 aromatic rings. The molecule has 0 N–H and O–H groups in total. The fourth-order valence-electron chi connectivity index (χ4n) is 2.70. The van der Waals surface area contributed by atoms with Crippen molar-refractivity contribution in [3.8, 4) is 0 Å². The van der Waals surface area contributed by atoms with E-state index in [2.05, 4.69) is 0 Å². The molecular weight excluding hydrogens is 705 g/mol. The van der Waals surface area contributed by atoms with Gasteiger partial charge >= 0.3 is 23.9 Å². The van der Waals surface area contributed by atoms with Crippen molar-refractivity contribution < 1.29 is 85.0 Å². The Morgan fingerprint density at radius 1 is 0.477 bits per heavy atom. The Balaban J connectivity index is 5.84. The van der Waals surface area contributed by atoms with E-state index >= 15 is 0 Å². The third-order valence-electron chi connectivity index (χ3n) is 5.10. The molecule has 0 bridgehead atoms. The number of ether oxygens (including phenoxy) is 4. The predicted octanol–water partition coefficient (Wildman–Crippen LogP) is -4.52. The highest BCUT2D eigenvalue weighted by Gasteiger charge is 2.38. The highest BCUT2D eigenvalue weighted by atomic mass is 32.2. The van der Waals surface area contributed by atoms with Crippen molar-refractivity contribution in [2.24, 2.45) is 5.41 Å². The zero-order valence-electron chi connectivity index (χ0n) is 22.9. The molecule has 0 saturated carbocycles. The smallest absolute Gasteiger partial charge is 0.306 e. The first-order valence-corrected chi connectivity index (χ1v) is 19.3. The first-order valence-electron chi connectivity index (χ1n) is 12.2. The van der Waals surface area contributed by atoms with Crippen molar-refractivity contribution >= 4 is 81.6 Å². The average Bonchev–Trinajstić information content (AvgIpc) is 2.94. The molecular formula is C20H32O19S5. The van der Waals surface area contributed by atoms with Gasteiger partial charge < -0.3 is 18.9 Å². The van der Waals surface area contributed by atoms with E-state index in [0.717, 1.165) is 0 Å². The number of carbonyl (C=O) groups excluding carboxylic acids is 5. The zero-order chi connectivity index (χ0) is 33.9. The van der Waals surface area contributed by atoms with Gasteiger partial charge in [0.25, 0.3) is 0 Å². The van der Waals surface area contributed by atoms with Crippen LogP contribution in [-0.2, 0) is 95.6 Å². The Labute approximate surface area is 258 Å². The van der Waals surface area contributed by atoms with E-state index in [0.29, 0.717) is 0 Å². The van der Waals surface area contributed by atoms with Gasteiger partial charge in [-0.25, -0.2) is 42.1 Å². The summed E-state index contributed by atoms with van der Waals surface area (Å²) in [4.78, 5) is 59.7. The van der Waals surface area contributed by atoms with Crippen LogP contribution >= 0.6 is 0 Å². The summed E-state index contributed by atoms with van der Waals surface area (Å²) >= 11 is 0. The molecule has 0 amide bonds. The van der Waals surface area contributed by atoms with Crippen LogP contribution in [0.2, 0.25) is 0 Å². The van der Waals surface area contributed by atoms with Crippen LogP contribution in [0.3, 0.4) is 0 Å². The first kappa shape index (κ1) is 41.3. The highest BCUT2D eigenvalue weighted by Crippen LogP contribution is 2.22. The highest BCUT2D eigenvalue weighted by molar-refractivity contribution is 7.92. The number of hydrogen-bond acceptors (Lipinski definition) is 19. The molecule has 19 nitrogen and oxygen atoms in total. The topological polar surface area (TPSA) is 293 Å². The third-order valence-corrected chi connectivity index (χ3v) is 9.15. The molecule has 0 aliphatic heterocycles. The summed E-state index contributed by atoms with van der Waals surface area (Å²) in [5.41, 5.74) is -1.93. The Morgan fingerprint density at radius 2 is 0.773 bits per heavy atom. The molecule has 256 valence electrons. The lowest BCUT2D eigenvalue weighted by Crippen LogP contribution is -2.44. The molecule has 0 saturated heterocycles. The van der Waals surface area contributed by atoms with E-state index in [-0.39, 0.29) is 0 Å². The van der Waals surface area contributed by atoms with Crippen molar-refractivity contribution in [3.05, 3.63) is 0 Å². The van der Waals surface area contributed by atoms with Crippen molar-refractivity contribution in [1.29, 1.82) is 0 Å². The lowest BCUT2D eigenvalue weighted by molar-refractivity contribution is -0.170. The fraction of sp³-hybridized carbons (Fsp3) is 0.750. The van der Waals surface area contributed by atoms with E-state index in [9.17, 15) is 66.1 Å². The number of hydrogen-bond donors (Lipinski definition) is 4. The van der Waals surface area contributed by atoms with Gasteiger partial charge in [0.1, 0.15) is 64.0 Å². The average molecular weight is 737 g/mol. The Kier molecular flexibility index (Phi) is 19.8. The molecule has 44 heavy (non-hydrogen) atoms. The monoisotopic (exact) mass is 736 g/mol. The molecule has 0 aromatic heterocycles. The molecule has 0 aliphatic carbocycles. The van der Waals surface area contributed by atoms with Gasteiger partial charge in [0, 0.05) is 6.42 Å². The van der Waals surface area contributed by atoms with Crippen LogP contribution in [0.25, 0.3) is 0 Å². The Morgan fingerprint density at radius 3 is 1.07 bits per heavy atom. The Bertz CT molecular complexity index is 1310. The number of thiol groups is 4. The maximum Gasteiger partial charge on any atom is 0.306 e. The largest absolute Gasteiger partial charge is 0.465 e. The SMILES string of the molecule is O=C(CC[SH](=O)=O)OCC(COC(=O)CC[SH](=O)=O)(COC(=O)CC[SH](=O)=O)COC(=O)CCS(=O)(=O)CCC(=O)[SH](=O)=O. The van der Waals surface area contributed by atoms with Crippen LogP contribution in [-0.4, -0.2) is 126 Å². The molecule has 0 unspecified atom stereocenters. The molecule has 0 aromatic carbocycles. The van der Waals surface area contributed by atoms with Gasteiger partial charge in [0.05, 0.1) is 54.4 Å². The minimum atomic E-state index is -4.11. The van der Waals surface area contributed by atoms with E-state index in [4.69, 9.17) is 18.9 Å². The quantitative estimate of drug-likeness (QED) is 0.0436. The van der Waals surface area contributed by atoms with Crippen LogP contribution in [0.1, 0.15) is 32.1 Å². The number of rotatable bonds is 23. The summed E-state index contributed by atoms with van der Waals surface area (Å²) in [5.74, 6) is -8.07. The van der Waals surface area contributed by atoms with Gasteiger partial charge in [-0.15, -0.1) is 0 Å². The molecule has 0 heterocycles. The Hall–Kier alpha value is -2.70. The molecule has 0 rings (SSSR count). The summed E-state index contributed by atoms with van der Waals surface area (Å²) in [6.45, 7) is -3.45. The molecule has 0 atom stereocenters. The summed E-state index contributed by atoms with van der Waals surface area (Å²) < 4.78 is 130. The predicted molar refractivity (Wildman–Crippen MR) is 149 cm³/mol. The van der Waals surface area contributed by atoms with Crippen molar-refractivity contribution in [3.63, 3.8) is 0 Å². The molecule has 0 aliphatic rings. The van der Waals surface area contributed by atoms with Gasteiger partial charge in [0.15, 0.2) is 9.84 Å². The molecule has 24 heteroatoms. The minimum absolute atomic E-state index is 0.605. The second kappa shape index (κ2) is 21.1.